The molecule has 0 saturated carbocycles. The van der Waals surface area contributed by atoms with Crippen molar-refractivity contribution in [1.29, 1.82) is 0 Å². The van der Waals surface area contributed by atoms with Gasteiger partial charge in [0, 0.05) is 26.2 Å². The van der Waals surface area contributed by atoms with Crippen LogP contribution in [-0.2, 0) is 22.6 Å². The van der Waals surface area contributed by atoms with E-state index in [1.807, 2.05) is 18.2 Å². The van der Waals surface area contributed by atoms with Crippen LogP contribution in [0.5, 0.6) is 0 Å². The predicted octanol–water partition coefficient (Wildman–Crippen LogP) is 4.04. The van der Waals surface area contributed by atoms with Crippen LogP contribution in [0.4, 0.5) is 0 Å². The maximum absolute atomic E-state index is 12.6. The van der Waals surface area contributed by atoms with Crippen molar-refractivity contribution in [3.8, 4) is 0 Å². The van der Waals surface area contributed by atoms with E-state index in [1.54, 1.807) is 25.1 Å². The van der Waals surface area contributed by atoms with Gasteiger partial charge in [-0.3, -0.25) is 14.5 Å². The van der Waals surface area contributed by atoms with Crippen molar-refractivity contribution in [3.05, 3.63) is 69.2 Å². The molecule has 3 rings (SSSR count). The molecule has 0 radical (unpaired) electrons. The maximum Gasteiger partial charge on any atom is 0.253 e. The molecule has 32 heavy (non-hydrogen) atoms. The van der Waals surface area contributed by atoms with Gasteiger partial charge in [-0.05, 0) is 44.0 Å². The van der Waals surface area contributed by atoms with Crippen LogP contribution in [0.1, 0.15) is 42.3 Å². The van der Waals surface area contributed by atoms with Gasteiger partial charge in [-0.25, -0.2) is 0 Å². The normalized spacial score (nSPS) is 19.9. The van der Waals surface area contributed by atoms with Crippen LogP contribution in [0, 0.1) is 0 Å². The van der Waals surface area contributed by atoms with E-state index in [-0.39, 0.29) is 33.7 Å². The summed E-state index contributed by atoms with van der Waals surface area (Å²) in [4.78, 5) is 27.5. The van der Waals surface area contributed by atoms with Gasteiger partial charge in [-0.15, -0.1) is 0 Å². The van der Waals surface area contributed by atoms with Crippen molar-refractivity contribution >= 4 is 35.0 Å². The van der Waals surface area contributed by atoms with Gasteiger partial charge in [-0.1, -0.05) is 53.5 Å². The van der Waals surface area contributed by atoms with Crippen molar-refractivity contribution in [2.75, 3.05) is 13.1 Å². The molecule has 0 bridgehead atoms. The zero-order valence-electron chi connectivity index (χ0n) is 18.5. The summed E-state index contributed by atoms with van der Waals surface area (Å²) in [6.45, 7) is 8.72. The Labute approximate surface area is 199 Å². The van der Waals surface area contributed by atoms with Gasteiger partial charge in [0.15, 0.2) is 0 Å². The Hall–Kier alpha value is -2.12. The number of nitrogens with zero attached hydrogens (tertiary/aromatic N) is 1. The van der Waals surface area contributed by atoms with E-state index in [2.05, 4.69) is 35.4 Å². The number of hydrogen-bond donors (Lipinski definition) is 2. The molecule has 2 aromatic rings. The van der Waals surface area contributed by atoms with E-state index in [0.717, 1.165) is 30.8 Å². The van der Waals surface area contributed by atoms with Crippen LogP contribution in [0.15, 0.2) is 42.5 Å². The van der Waals surface area contributed by atoms with Gasteiger partial charge in [0.1, 0.15) is 6.04 Å². The Bertz CT molecular complexity index is 959. The Kier molecular flexibility index (Phi) is 8.54. The first-order chi connectivity index (χ1) is 15.2. The van der Waals surface area contributed by atoms with Crippen molar-refractivity contribution < 1.29 is 14.3 Å². The zero-order chi connectivity index (χ0) is 23.3. The van der Waals surface area contributed by atoms with E-state index >= 15 is 0 Å². The highest BCUT2D eigenvalue weighted by Gasteiger charge is 2.23. The number of carbonyl (C=O) groups is 2. The summed E-state index contributed by atoms with van der Waals surface area (Å²) >= 11 is 12.1. The quantitative estimate of drug-likeness (QED) is 0.631. The molecule has 1 heterocycles. The van der Waals surface area contributed by atoms with E-state index in [4.69, 9.17) is 27.9 Å². The summed E-state index contributed by atoms with van der Waals surface area (Å²) in [7, 11) is 0. The topological polar surface area (TPSA) is 70.7 Å². The fraction of sp³-hybridized carbons (Fsp3) is 0.417. The van der Waals surface area contributed by atoms with E-state index in [1.165, 1.54) is 0 Å². The molecule has 0 aromatic heterocycles. The average Bonchev–Trinajstić information content (AvgIpc) is 2.74. The molecule has 2 amide bonds. The molecule has 6 nitrogen and oxygen atoms in total. The van der Waals surface area contributed by atoms with Crippen LogP contribution < -0.4 is 10.6 Å². The number of benzene rings is 2. The third-order valence-corrected chi connectivity index (χ3v) is 6.22. The molecule has 0 aliphatic carbocycles. The number of ether oxygens (including phenoxy) is 1. The fourth-order valence-electron chi connectivity index (χ4n) is 3.89. The van der Waals surface area contributed by atoms with Crippen LogP contribution in [0.3, 0.4) is 0 Å². The molecule has 3 unspecified atom stereocenters. The van der Waals surface area contributed by atoms with Gasteiger partial charge in [0.25, 0.3) is 5.91 Å². The summed E-state index contributed by atoms with van der Waals surface area (Å²) in [5.74, 6) is -0.726. The monoisotopic (exact) mass is 477 g/mol. The molecule has 1 aliphatic heterocycles. The van der Waals surface area contributed by atoms with Crippen LogP contribution in [0.25, 0.3) is 0 Å². The minimum Gasteiger partial charge on any atom is -0.373 e. The Morgan fingerprint density at radius 3 is 2.41 bits per heavy atom. The number of hydrogen-bond acceptors (Lipinski definition) is 4. The number of halogens is 2. The highest BCUT2D eigenvalue weighted by molar-refractivity contribution is 6.43. The number of amides is 2. The lowest BCUT2D eigenvalue weighted by molar-refractivity contribution is -0.122. The lowest BCUT2D eigenvalue weighted by Gasteiger charge is -2.35. The lowest BCUT2D eigenvalue weighted by Crippen LogP contribution is -2.45. The van der Waals surface area contributed by atoms with Gasteiger partial charge < -0.3 is 15.4 Å². The van der Waals surface area contributed by atoms with Crippen LogP contribution in [0.2, 0.25) is 10.0 Å². The summed E-state index contributed by atoms with van der Waals surface area (Å²) in [6, 6.07) is 12.1. The lowest BCUT2D eigenvalue weighted by atomic mass is 10.1. The number of rotatable bonds is 7. The average molecular weight is 478 g/mol. The van der Waals surface area contributed by atoms with E-state index < -0.39 is 11.9 Å². The Morgan fingerprint density at radius 2 is 1.72 bits per heavy atom. The third kappa shape index (κ3) is 6.45. The standard InChI is InChI=1S/C24H29Cl2N3O3/c1-15-12-29(13-16(2)32-15)14-19-8-5-4-7-18(19)11-27-23(30)17(3)28-24(31)20-9-6-10-21(25)22(20)26/h4-10,15-17H,11-14H2,1-3H3,(H,27,30)(H,28,31). The number of morpholine rings is 1. The van der Waals surface area contributed by atoms with Gasteiger partial charge in [-0.2, -0.15) is 0 Å². The summed E-state index contributed by atoms with van der Waals surface area (Å²) in [5.41, 5.74) is 2.44. The molecule has 8 heteroatoms. The number of carbonyl (C=O) groups excluding carboxylic acids is 2. The second kappa shape index (κ2) is 11.1. The van der Waals surface area contributed by atoms with Crippen molar-refractivity contribution in [1.82, 2.24) is 15.5 Å². The van der Waals surface area contributed by atoms with Gasteiger partial charge >= 0.3 is 0 Å². The minimum absolute atomic E-state index is 0.167. The highest BCUT2D eigenvalue weighted by atomic mass is 35.5. The first kappa shape index (κ1) is 24.5. The molecule has 1 aliphatic rings. The molecule has 1 fully saturated rings. The van der Waals surface area contributed by atoms with E-state index in [0.29, 0.717) is 6.54 Å². The van der Waals surface area contributed by atoms with Gasteiger partial charge in [0.2, 0.25) is 5.91 Å². The van der Waals surface area contributed by atoms with Crippen molar-refractivity contribution in [2.45, 2.75) is 52.1 Å². The maximum atomic E-state index is 12.6. The Morgan fingerprint density at radius 1 is 1.06 bits per heavy atom. The van der Waals surface area contributed by atoms with Crippen LogP contribution in [-0.4, -0.2) is 48.1 Å². The molecule has 2 aromatic carbocycles. The van der Waals surface area contributed by atoms with Gasteiger partial charge in [0.05, 0.1) is 27.8 Å². The van der Waals surface area contributed by atoms with Crippen LogP contribution >= 0.6 is 23.2 Å². The molecule has 3 atom stereocenters. The zero-order valence-corrected chi connectivity index (χ0v) is 20.0. The predicted molar refractivity (Wildman–Crippen MR) is 127 cm³/mol. The summed E-state index contributed by atoms with van der Waals surface area (Å²) in [6.07, 6.45) is 0.395. The summed E-state index contributed by atoms with van der Waals surface area (Å²) in [5, 5.41) is 6.05. The molecular weight excluding hydrogens is 449 g/mol. The minimum atomic E-state index is -0.731. The smallest absolute Gasteiger partial charge is 0.253 e. The third-order valence-electron chi connectivity index (χ3n) is 5.40. The summed E-state index contributed by atoms with van der Waals surface area (Å²) < 4.78 is 5.82. The van der Waals surface area contributed by atoms with Crippen molar-refractivity contribution in [2.24, 2.45) is 0 Å². The molecule has 1 saturated heterocycles. The number of nitrogens with one attached hydrogen (secondary N) is 2. The Balaban J connectivity index is 1.57. The second-order valence-corrected chi connectivity index (χ2v) is 9.02. The molecule has 0 spiro atoms. The molecule has 2 N–H and O–H groups in total. The first-order valence-electron chi connectivity index (χ1n) is 10.7. The SMILES string of the molecule is CC1CN(Cc2ccccc2CNC(=O)C(C)NC(=O)c2cccc(Cl)c2Cl)CC(C)O1. The fourth-order valence-corrected chi connectivity index (χ4v) is 4.28. The van der Waals surface area contributed by atoms with E-state index in [9.17, 15) is 9.59 Å². The largest absolute Gasteiger partial charge is 0.373 e. The van der Waals surface area contributed by atoms with Crippen molar-refractivity contribution in [3.63, 3.8) is 0 Å². The highest BCUT2D eigenvalue weighted by Crippen LogP contribution is 2.25. The molecular formula is C24H29Cl2N3O3. The second-order valence-electron chi connectivity index (χ2n) is 8.23. The molecule has 172 valence electrons. The first-order valence-corrected chi connectivity index (χ1v) is 11.5.